The second kappa shape index (κ2) is 5.38. The predicted molar refractivity (Wildman–Crippen MR) is 79.4 cm³/mol. The topological polar surface area (TPSA) is 16.1 Å². The van der Waals surface area contributed by atoms with Crippen LogP contribution in [0.3, 0.4) is 0 Å². The van der Waals surface area contributed by atoms with Crippen molar-refractivity contribution in [1.82, 2.24) is 4.98 Å². The van der Waals surface area contributed by atoms with E-state index in [-0.39, 0.29) is 0 Å². The van der Waals surface area contributed by atoms with Gasteiger partial charge in [0.2, 0.25) is 0 Å². The van der Waals surface area contributed by atoms with Crippen LogP contribution in [-0.2, 0) is 0 Å². The SMILES string of the molecule is CCN(CC)c1nc2ccccc2cc1C(C)C. The quantitative estimate of drug-likeness (QED) is 0.798. The van der Waals surface area contributed by atoms with Gasteiger partial charge >= 0.3 is 0 Å². The Morgan fingerprint density at radius 3 is 2.39 bits per heavy atom. The number of hydrogen-bond acceptors (Lipinski definition) is 2. The maximum Gasteiger partial charge on any atom is 0.132 e. The van der Waals surface area contributed by atoms with Crippen molar-refractivity contribution in [3.8, 4) is 0 Å². The van der Waals surface area contributed by atoms with Crippen LogP contribution in [0.5, 0.6) is 0 Å². The average Bonchev–Trinajstić information content (AvgIpc) is 2.39. The summed E-state index contributed by atoms with van der Waals surface area (Å²) >= 11 is 0. The molecule has 1 heterocycles. The van der Waals surface area contributed by atoms with Gasteiger partial charge in [-0.25, -0.2) is 4.98 Å². The molecule has 0 fully saturated rings. The van der Waals surface area contributed by atoms with E-state index in [0.29, 0.717) is 5.92 Å². The molecule has 2 aromatic rings. The Balaban J connectivity index is 2.64. The molecule has 1 aromatic carbocycles. The van der Waals surface area contributed by atoms with Gasteiger partial charge < -0.3 is 4.90 Å². The molecule has 0 atom stereocenters. The standard InChI is InChI=1S/C16H22N2/c1-5-18(6-2)16-14(12(3)4)11-13-9-7-8-10-15(13)17-16/h7-12H,5-6H2,1-4H3. The van der Waals surface area contributed by atoms with E-state index in [1.165, 1.54) is 10.9 Å². The maximum absolute atomic E-state index is 4.86. The van der Waals surface area contributed by atoms with Crippen molar-refractivity contribution >= 4 is 16.7 Å². The second-order valence-electron chi connectivity index (χ2n) is 4.92. The monoisotopic (exact) mass is 242 g/mol. The van der Waals surface area contributed by atoms with E-state index in [4.69, 9.17) is 4.98 Å². The summed E-state index contributed by atoms with van der Waals surface area (Å²) in [6.07, 6.45) is 0. The van der Waals surface area contributed by atoms with Gasteiger partial charge in [-0.2, -0.15) is 0 Å². The summed E-state index contributed by atoms with van der Waals surface area (Å²) in [6.45, 7) is 10.8. The molecular formula is C16H22N2. The molecule has 0 bridgehead atoms. The minimum atomic E-state index is 0.498. The molecule has 2 rings (SSSR count). The van der Waals surface area contributed by atoms with Crippen LogP contribution in [0.2, 0.25) is 0 Å². The molecule has 0 spiro atoms. The lowest BCUT2D eigenvalue weighted by Crippen LogP contribution is -2.24. The number of fused-ring (bicyclic) bond motifs is 1. The third-order valence-electron chi connectivity index (χ3n) is 3.42. The molecule has 0 radical (unpaired) electrons. The first-order chi connectivity index (χ1) is 8.67. The van der Waals surface area contributed by atoms with E-state index in [0.717, 1.165) is 24.4 Å². The highest BCUT2D eigenvalue weighted by molar-refractivity contribution is 5.82. The number of aromatic nitrogens is 1. The summed E-state index contributed by atoms with van der Waals surface area (Å²) in [7, 11) is 0. The molecule has 18 heavy (non-hydrogen) atoms. The summed E-state index contributed by atoms with van der Waals surface area (Å²) in [5.74, 6) is 1.64. The van der Waals surface area contributed by atoms with Crippen molar-refractivity contribution in [2.45, 2.75) is 33.6 Å². The van der Waals surface area contributed by atoms with Crippen LogP contribution in [0, 0.1) is 0 Å². The summed E-state index contributed by atoms with van der Waals surface area (Å²) in [5.41, 5.74) is 2.43. The fourth-order valence-corrected chi connectivity index (χ4v) is 2.32. The zero-order chi connectivity index (χ0) is 13.1. The smallest absolute Gasteiger partial charge is 0.132 e. The molecule has 2 heteroatoms. The van der Waals surface area contributed by atoms with Crippen molar-refractivity contribution in [3.05, 3.63) is 35.9 Å². The van der Waals surface area contributed by atoms with Gasteiger partial charge in [-0.05, 0) is 37.5 Å². The summed E-state index contributed by atoms with van der Waals surface area (Å²) in [6, 6.07) is 10.6. The highest BCUT2D eigenvalue weighted by atomic mass is 15.2. The Morgan fingerprint density at radius 1 is 1.11 bits per heavy atom. The molecule has 0 amide bonds. The molecule has 0 aliphatic heterocycles. The number of benzene rings is 1. The first-order valence-electron chi connectivity index (χ1n) is 6.82. The molecular weight excluding hydrogens is 220 g/mol. The van der Waals surface area contributed by atoms with Crippen LogP contribution >= 0.6 is 0 Å². The molecule has 0 aliphatic carbocycles. The Hall–Kier alpha value is -1.57. The first-order valence-corrected chi connectivity index (χ1v) is 6.82. The van der Waals surface area contributed by atoms with Gasteiger partial charge in [0.25, 0.3) is 0 Å². The summed E-state index contributed by atoms with van der Waals surface area (Å²) < 4.78 is 0. The van der Waals surface area contributed by atoms with Crippen LogP contribution in [0.4, 0.5) is 5.82 Å². The van der Waals surface area contributed by atoms with Gasteiger partial charge in [-0.1, -0.05) is 32.0 Å². The maximum atomic E-state index is 4.86. The van der Waals surface area contributed by atoms with E-state index in [2.05, 4.69) is 62.9 Å². The Kier molecular flexibility index (Phi) is 3.85. The van der Waals surface area contributed by atoms with E-state index in [1.807, 2.05) is 0 Å². The Bertz CT molecular complexity index is 528. The number of hydrogen-bond donors (Lipinski definition) is 0. The minimum Gasteiger partial charge on any atom is -0.357 e. The Labute approximate surface area is 110 Å². The van der Waals surface area contributed by atoms with Crippen molar-refractivity contribution in [2.75, 3.05) is 18.0 Å². The first kappa shape index (κ1) is 12.9. The van der Waals surface area contributed by atoms with Crippen LogP contribution < -0.4 is 4.90 Å². The average molecular weight is 242 g/mol. The molecule has 0 saturated heterocycles. The lowest BCUT2D eigenvalue weighted by atomic mass is 10.0. The van der Waals surface area contributed by atoms with Crippen molar-refractivity contribution in [2.24, 2.45) is 0 Å². The lowest BCUT2D eigenvalue weighted by molar-refractivity contribution is 0.802. The molecule has 0 N–H and O–H groups in total. The molecule has 1 aromatic heterocycles. The fourth-order valence-electron chi connectivity index (χ4n) is 2.32. The van der Waals surface area contributed by atoms with Gasteiger partial charge in [0, 0.05) is 18.5 Å². The van der Waals surface area contributed by atoms with Crippen LogP contribution in [0.15, 0.2) is 30.3 Å². The number of pyridine rings is 1. The molecule has 2 nitrogen and oxygen atoms in total. The summed E-state index contributed by atoms with van der Waals surface area (Å²) in [5, 5.41) is 1.23. The van der Waals surface area contributed by atoms with E-state index in [9.17, 15) is 0 Å². The third kappa shape index (κ3) is 2.33. The minimum absolute atomic E-state index is 0.498. The molecule has 0 saturated carbocycles. The van der Waals surface area contributed by atoms with Crippen molar-refractivity contribution < 1.29 is 0 Å². The Morgan fingerprint density at radius 2 is 1.78 bits per heavy atom. The van der Waals surface area contributed by atoms with E-state index in [1.54, 1.807) is 0 Å². The van der Waals surface area contributed by atoms with Crippen LogP contribution in [0.1, 0.15) is 39.2 Å². The number of para-hydroxylation sites is 1. The largest absolute Gasteiger partial charge is 0.357 e. The van der Waals surface area contributed by atoms with Gasteiger partial charge in [-0.3, -0.25) is 0 Å². The molecule has 96 valence electrons. The fraction of sp³-hybridized carbons (Fsp3) is 0.438. The van der Waals surface area contributed by atoms with Gasteiger partial charge in [0.15, 0.2) is 0 Å². The zero-order valence-corrected chi connectivity index (χ0v) is 11.8. The molecule has 0 unspecified atom stereocenters. The highest BCUT2D eigenvalue weighted by Crippen LogP contribution is 2.29. The van der Waals surface area contributed by atoms with Crippen molar-refractivity contribution in [3.63, 3.8) is 0 Å². The predicted octanol–water partition coefficient (Wildman–Crippen LogP) is 4.20. The van der Waals surface area contributed by atoms with Gasteiger partial charge in [-0.15, -0.1) is 0 Å². The van der Waals surface area contributed by atoms with Crippen LogP contribution in [0.25, 0.3) is 10.9 Å². The van der Waals surface area contributed by atoms with Gasteiger partial charge in [0.05, 0.1) is 5.52 Å². The van der Waals surface area contributed by atoms with Gasteiger partial charge in [0.1, 0.15) is 5.82 Å². The van der Waals surface area contributed by atoms with Crippen molar-refractivity contribution in [1.29, 1.82) is 0 Å². The normalized spacial score (nSPS) is 11.2. The molecule has 0 aliphatic rings. The number of rotatable bonds is 4. The highest BCUT2D eigenvalue weighted by Gasteiger charge is 2.14. The number of anilines is 1. The van der Waals surface area contributed by atoms with E-state index >= 15 is 0 Å². The van der Waals surface area contributed by atoms with Crippen LogP contribution in [-0.4, -0.2) is 18.1 Å². The summed E-state index contributed by atoms with van der Waals surface area (Å²) in [4.78, 5) is 7.20. The lowest BCUT2D eigenvalue weighted by Gasteiger charge is -2.24. The second-order valence-corrected chi connectivity index (χ2v) is 4.92. The third-order valence-corrected chi connectivity index (χ3v) is 3.42. The van der Waals surface area contributed by atoms with E-state index < -0.39 is 0 Å². The zero-order valence-electron chi connectivity index (χ0n) is 11.8. The number of nitrogens with zero attached hydrogens (tertiary/aromatic N) is 2.